The Morgan fingerprint density at radius 3 is 2.55 bits per heavy atom. The van der Waals surface area contributed by atoms with Crippen LogP contribution in [0, 0.1) is 0 Å². The number of aromatic nitrogens is 1. The van der Waals surface area contributed by atoms with E-state index in [0.717, 1.165) is 52.8 Å². The molecule has 2 aromatic carbocycles. The molecule has 0 spiro atoms. The molecule has 5 nitrogen and oxygen atoms in total. The summed E-state index contributed by atoms with van der Waals surface area (Å²) in [5, 5.41) is 1.57. The van der Waals surface area contributed by atoms with E-state index < -0.39 is 0 Å². The molecule has 7 heteroatoms. The highest BCUT2D eigenvalue weighted by molar-refractivity contribution is 7.99. The number of para-hydroxylation sites is 1. The summed E-state index contributed by atoms with van der Waals surface area (Å²) in [5.41, 5.74) is 2.01. The highest BCUT2D eigenvalue weighted by Crippen LogP contribution is 2.34. The van der Waals surface area contributed by atoms with Crippen LogP contribution in [0.4, 0.5) is 5.13 Å². The number of carbonyl (C=O) groups excluding carboxylic acids is 1. The van der Waals surface area contributed by atoms with E-state index in [1.54, 1.807) is 11.3 Å². The summed E-state index contributed by atoms with van der Waals surface area (Å²) < 4.78 is 6.86. The highest BCUT2D eigenvalue weighted by Gasteiger charge is 2.23. The Kier molecular flexibility index (Phi) is 7.02. The first-order valence-electron chi connectivity index (χ1n) is 10.8. The molecule has 0 radical (unpaired) electrons. The van der Waals surface area contributed by atoms with Crippen LogP contribution in [0.2, 0.25) is 0 Å². The minimum absolute atomic E-state index is 0.201. The van der Waals surface area contributed by atoms with E-state index in [9.17, 15) is 4.79 Å². The van der Waals surface area contributed by atoms with Crippen molar-refractivity contribution < 1.29 is 9.53 Å². The van der Waals surface area contributed by atoms with Crippen LogP contribution in [0.5, 0.6) is 5.75 Å². The first-order valence-corrected chi connectivity index (χ1v) is 12.5. The van der Waals surface area contributed by atoms with Crippen molar-refractivity contribution in [2.75, 3.05) is 37.7 Å². The van der Waals surface area contributed by atoms with Gasteiger partial charge in [-0.1, -0.05) is 43.4 Å². The lowest BCUT2D eigenvalue weighted by molar-refractivity contribution is -0.130. The van der Waals surface area contributed by atoms with E-state index >= 15 is 0 Å². The number of rotatable bonds is 7. The van der Waals surface area contributed by atoms with E-state index in [1.807, 2.05) is 35.7 Å². The van der Waals surface area contributed by atoms with E-state index in [4.69, 9.17) is 9.72 Å². The van der Waals surface area contributed by atoms with Crippen LogP contribution in [0.25, 0.3) is 10.2 Å². The molecule has 0 bridgehead atoms. The Bertz CT molecular complexity index is 1020. The molecule has 0 saturated carbocycles. The van der Waals surface area contributed by atoms with Crippen molar-refractivity contribution in [1.29, 1.82) is 0 Å². The van der Waals surface area contributed by atoms with Gasteiger partial charge in [0.05, 0.1) is 17.7 Å². The van der Waals surface area contributed by atoms with Gasteiger partial charge < -0.3 is 14.5 Å². The summed E-state index contributed by atoms with van der Waals surface area (Å²) in [6, 6.07) is 14.5. The van der Waals surface area contributed by atoms with Crippen LogP contribution >= 0.6 is 23.1 Å². The quantitative estimate of drug-likeness (QED) is 0.465. The summed E-state index contributed by atoms with van der Waals surface area (Å²) in [4.78, 5) is 23.1. The minimum Gasteiger partial charge on any atom is -0.492 e. The number of hydrogen-bond acceptors (Lipinski definition) is 6. The lowest BCUT2D eigenvalue weighted by Crippen LogP contribution is -2.49. The van der Waals surface area contributed by atoms with Crippen molar-refractivity contribution in [3.05, 3.63) is 48.0 Å². The van der Waals surface area contributed by atoms with Gasteiger partial charge in [0.2, 0.25) is 5.91 Å². The molecule has 1 aromatic heterocycles. The molecule has 1 aliphatic rings. The lowest BCUT2D eigenvalue weighted by Gasteiger charge is -2.34. The number of hydrogen-bond donors (Lipinski definition) is 0. The normalized spacial score (nSPS) is 14.5. The monoisotopic (exact) mass is 455 g/mol. The van der Waals surface area contributed by atoms with Crippen molar-refractivity contribution in [3.8, 4) is 5.75 Å². The minimum atomic E-state index is 0.201. The number of ether oxygens (including phenoxy) is 1. The number of carbonyl (C=O) groups is 1. The third-order valence-electron chi connectivity index (χ3n) is 5.22. The topological polar surface area (TPSA) is 45.7 Å². The Labute approximate surface area is 192 Å². The van der Waals surface area contributed by atoms with Crippen LogP contribution in [-0.4, -0.2) is 53.8 Å². The largest absolute Gasteiger partial charge is 0.492 e. The molecule has 31 heavy (non-hydrogen) atoms. The Balaban J connectivity index is 1.34. The zero-order chi connectivity index (χ0) is 21.8. The van der Waals surface area contributed by atoms with Crippen LogP contribution in [-0.2, 0) is 11.2 Å². The maximum Gasteiger partial charge on any atom is 0.227 e. The highest BCUT2D eigenvalue weighted by atomic mass is 32.2. The summed E-state index contributed by atoms with van der Waals surface area (Å²) in [5.74, 6) is 1.04. The van der Waals surface area contributed by atoms with Gasteiger partial charge in [-0.05, 0) is 36.8 Å². The number of thiazole rings is 1. The van der Waals surface area contributed by atoms with Crippen LogP contribution < -0.4 is 9.64 Å². The van der Waals surface area contributed by atoms with E-state index in [2.05, 4.69) is 49.1 Å². The Hall–Kier alpha value is -2.25. The molecule has 0 unspecified atom stereocenters. The predicted molar refractivity (Wildman–Crippen MR) is 131 cm³/mol. The Morgan fingerprint density at radius 1 is 1.13 bits per heavy atom. The molecule has 1 fully saturated rings. The number of amides is 1. The number of thioether (sulfide) groups is 1. The molecule has 2 heterocycles. The standard InChI is InChI=1S/C24H29N3O2S2/c1-4-29-20-6-5-7-21-23(20)25-24(31-21)27-14-12-26(13-15-27)22(28)16-18-8-10-19(11-9-18)30-17(2)3/h5-11,17H,4,12-16H2,1-3H3. The third-order valence-corrected chi connectivity index (χ3v) is 7.32. The molecular formula is C24H29N3O2S2. The van der Waals surface area contributed by atoms with Crippen LogP contribution in [0.15, 0.2) is 47.4 Å². The van der Waals surface area contributed by atoms with Gasteiger partial charge in [-0.25, -0.2) is 4.98 Å². The van der Waals surface area contributed by atoms with Crippen molar-refractivity contribution in [3.63, 3.8) is 0 Å². The maximum absolute atomic E-state index is 12.8. The van der Waals surface area contributed by atoms with Crippen molar-refractivity contribution in [2.45, 2.75) is 37.3 Å². The molecule has 1 amide bonds. The molecule has 0 aliphatic carbocycles. The zero-order valence-corrected chi connectivity index (χ0v) is 20.0. The summed E-state index contributed by atoms with van der Waals surface area (Å²) in [6.07, 6.45) is 0.464. The summed E-state index contributed by atoms with van der Waals surface area (Å²) >= 11 is 3.53. The fourth-order valence-corrected chi connectivity index (χ4v) is 5.58. The second-order valence-electron chi connectivity index (χ2n) is 7.89. The third kappa shape index (κ3) is 5.33. The number of piperazine rings is 1. The van der Waals surface area contributed by atoms with Gasteiger partial charge in [0.15, 0.2) is 5.13 Å². The average molecular weight is 456 g/mol. The van der Waals surface area contributed by atoms with Gasteiger partial charge in [0.25, 0.3) is 0 Å². The molecule has 4 rings (SSSR count). The molecule has 3 aromatic rings. The fraction of sp³-hybridized carbons (Fsp3) is 0.417. The molecule has 1 saturated heterocycles. The van der Waals surface area contributed by atoms with Gasteiger partial charge in [-0.3, -0.25) is 4.79 Å². The number of benzene rings is 2. The number of fused-ring (bicyclic) bond motifs is 1. The first-order chi connectivity index (χ1) is 15.0. The van der Waals surface area contributed by atoms with Gasteiger partial charge in [-0.2, -0.15) is 0 Å². The average Bonchev–Trinajstić information content (AvgIpc) is 3.20. The lowest BCUT2D eigenvalue weighted by atomic mass is 10.1. The first kappa shape index (κ1) is 22.0. The molecule has 164 valence electrons. The Morgan fingerprint density at radius 2 is 1.87 bits per heavy atom. The van der Waals surface area contributed by atoms with Gasteiger partial charge in [0.1, 0.15) is 11.3 Å². The SMILES string of the molecule is CCOc1cccc2sc(N3CCN(C(=O)Cc4ccc(SC(C)C)cc4)CC3)nc12. The number of anilines is 1. The number of nitrogens with zero attached hydrogens (tertiary/aromatic N) is 3. The molecule has 0 atom stereocenters. The van der Waals surface area contributed by atoms with Crippen LogP contribution in [0.3, 0.4) is 0 Å². The predicted octanol–water partition coefficient (Wildman–Crippen LogP) is 5.09. The van der Waals surface area contributed by atoms with E-state index in [-0.39, 0.29) is 5.91 Å². The smallest absolute Gasteiger partial charge is 0.227 e. The molecular weight excluding hydrogens is 426 g/mol. The molecule has 0 N–H and O–H groups in total. The van der Waals surface area contributed by atoms with Crippen LogP contribution in [0.1, 0.15) is 26.3 Å². The van der Waals surface area contributed by atoms with Crippen molar-refractivity contribution in [1.82, 2.24) is 9.88 Å². The summed E-state index contributed by atoms with van der Waals surface area (Å²) in [7, 11) is 0. The van der Waals surface area contributed by atoms with Gasteiger partial charge in [0, 0.05) is 36.3 Å². The van der Waals surface area contributed by atoms with Crippen molar-refractivity contribution >= 4 is 44.4 Å². The second kappa shape index (κ2) is 9.92. The molecule has 1 aliphatic heterocycles. The van der Waals surface area contributed by atoms with Crippen molar-refractivity contribution in [2.24, 2.45) is 0 Å². The van der Waals surface area contributed by atoms with Gasteiger partial charge in [-0.15, -0.1) is 11.8 Å². The second-order valence-corrected chi connectivity index (χ2v) is 10.5. The maximum atomic E-state index is 12.8. The van der Waals surface area contributed by atoms with E-state index in [0.29, 0.717) is 18.3 Å². The fourth-order valence-electron chi connectivity index (χ4n) is 3.71. The van der Waals surface area contributed by atoms with E-state index in [1.165, 1.54) is 4.90 Å². The van der Waals surface area contributed by atoms with Gasteiger partial charge >= 0.3 is 0 Å². The summed E-state index contributed by atoms with van der Waals surface area (Å²) in [6.45, 7) is 10.1. The zero-order valence-electron chi connectivity index (χ0n) is 18.3.